The summed E-state index contributed by atoms with van der Waals surface area (Å²) in [4.78, 5) is 17.4. The van der Waals surface area contributed by atoms with Crippen LogP contribution in [-0.2, 0) is 13.5 Å². The maximum Gasteiger partial charge on any atom is 0.181 e. The smallest absolute Gasteiger partial charge is 0.181 e. The van der Waals surface area contributed by atoms with Crippen LogP contribution >= 0.6 is 0 Å². The highest BCUT2D eigenvalue weighted by Crippen LogP contribution is 2.35. The van der Waals surface area contributed by atoms with Gasteiger partial charge in [-0.1, -0.05) is 24.3 Å². The lowest BCUT2D eigenvalue weighted by Crippen LogP contribution is -2.09. The van der Waals surface area contributed by atoms with Crippen LogP contribution in [0.25, 0.3) is 22.4 Å². The molecule has 0 radical (unpaired) electrons. The molecule has 0 atom stereocenters. The standard InChI is InChI=1S/C25H22FN3O/c1-17-5-3-4-6-18(17)9-12-22(30)25-23(19-13-15-27-16-14-19)24(28-29(25)2)20-7-10-21(26)11-8-20/h3-8,10-11,13-16H,9,12H2,1-2H3. The van der Waals surface area contributed by atoms with Crippen molar-refractivity contribution in [2.45, 2.75) is 19.8 Å². The number of carbonyl (C=O) groups is 1. The van der Waals surface area contributed by atoms with E-state index in [2.05, 4.69) is 29.1 Å². The van der Waals surface area contributed by atoms with Crippen molar-refractivity contribution in [3.05, 3.63) is 95.7 Å². The molecule has 0 spiro atoms. The molecule has 0 saturated heterocycles. The molecule has 4 aromatic rings. The van der Waals surface area contributed by atoms with Gasteiger partial charge in [0.25, 0.3) is 0 Å². The molecule has 0 aliphatic heterocycles. The predicted octanol–water partition coefficient (Wildman–Crippen LogP) is 5.41. The van der Waals surface area contributed by atoms with Gasteiger partial charge in [0.1, 0.15) is 17.2 Å². The minimum atomic E-state index is -0.310. The van der Waals surface area contributed by atoms with Crippen molar-refractivity contribution in [2.75, 3.05) is 0 Å². The molecule has 0 aliphatic carbocycles. The Balaban J connectivity index is 1.76. The van der Waals surface area contributed by atoms with Crippen molar-refractivity contribution in [2.24, 2.45) is 7.05 Å². The Morgan fingerprint density at radius 3 is 2.37 bits per heavy atom. The lowest BCUT2D eigenvalue weighted by atomic mass is 9.95. The molecule has 2 aromatic heterocycles. The van der Waals surface area contributed by atoms with Gasteiger partial charge in [-0.25, -0.2) is 4.39 Å². The zero-order valence-electron chi connectivity index (χ0n) is 17.0. The number of aromatic nitrogens is 3. The number of pyridine rings is 1. The van der Waals surface area contributed by atoms with Crippen molar-refractivity contribution < 1.29 is 9.18 Å². The third kappa shape index (κ3) is 3.92. The average molecular weight is 399 g/mol. The molecule has 5 heteroatoms. The number of hydrogen-bond donors (Lipinski definition) is 0. The van der Waals surface area contributed by atoms with Crippen LogP contribution in [0.1, 0.15) is 28.0 Å². The lowest BCUT2D eigenvalue weighted by molar-refractivity contribution is 0.0974. The SMILES string of the molecule is Cc1ccccc1CCC(=O)c1c(-c2ccncc2)c(-c2ccc(F)cc2)nn1C. The average Bonchev–Trinajstić information content (AvgIpc) is 3.11. The molecule has 30 heavy (non-hydrogen) atoms. The molecule has 0 amide bonds. The fourth-order valence-electron chi connectivity index (χ4n) is 3.70. The summed E-state index contributed by atoms with van der Waals surface area (Å²) in [5.74, 6) is -0.289. The summed E-state index contributed by atoms with van der Waals surface area (Å²) in [5.41, 5.74) is 5.92. The highest BCUT2D eigenvalue weighted by molar-refractivity contribution is 6.04. The molecule has 0 unspecified atom stereocenters. The van der Waals surface area contributed by atoms with Crippen LogP contribution in [0, 0.1) is 12.7 Å². The molecular formula is C25H22FN3O. The van der Waals surface area contributed by atoms with E-state index in [9.17, 15) is 9.18 Å². The minimum Gasteiger partial charge on any atom is -0.292 e. The van der Waals surface area contributed by atoms with Crippen LogP contribution in [0.3, 0.4) is 0 Å². The van der Waals surface area contributed by atoms with Gasteiger partial charge in [0.05, 0.1) is 0 Å². The summed E-state index contributed by atoms with van der Waals surface area (Å²) < 4.78 is 15.1. The number of nitrogens with zero attached hydrogens (tertiary/aromatic N) is 3. The molecule has 2 heterocycles. The van der Waals surface area contributed by atoms with Crippen molar-refractivity contribution in [3.63, 3.8) is 0 Å². The Hall–Kier alpha value is -3.60. The second kappa shape index (κ2) is 8.41. The first-order valence-corrected chi connectivity index (χ1v) is 9.85. The van der Waals surface area contributed by atoms with Gasteiger partial charge in [0.15, 0.2) is 5.78 Å². The topological polar surface area (TPSA) is 47.8 Å². The van der Waals surface area contributed by atoms with E-state index in [-0.39, 0.29) is 11.6 Å². The van der Waals surface area contributed by atoms with Crippen molar-refractivity contribution in [1.29, 1.82) is 0 Å². The molecule has 0 saturated carbocycles. The minimum absolute atomic E-state index is 0.0217. The van der Waals surface area contributed by atoms with E-state index in [0.717, 1.165) is 22.3 Å². The van der Waals surface area contributed by atoms with Crippen LogP contribution < -0.4 is 0 Å². The predicted molar refractivity (Wildman–Crippen MR) is 116 cm³/mol. The first-order valence-electron chi connectivity index (χ1n) is 9.85. The lowest BCUT2D eigenvalue weighted by Gasteiger charge is -2.09. The van der Waals surface area contributed by atoms with Crippen LogP contribution in [0.4, 0.5) is 4.39 Å². The van der Waals surface area contributed by atoms with Gasteiger partial charge in [-0.3, -0.25) is 14.5 Å². The quantitative estimate of drug-likeness (QED) is 0.407. The maximum atomic E-state index is 13.4. The molecule has 0 fully saturated rings. The van der Waals surface area contributed by atoms with Gasteiger partial charge in [-0.05, 0) is 66.4 Å². The second-order valence-electron chi connectivity index (χ2n) is 7.29. The fraction of sp³-hybridized carbons (Fsp3) is 0.160. The number of ketones is 1. The largest absolute Gasteiger partial charge is 0.292 e. The Bertz CT molecular complexity index is 1180. The molecule has 0 aliphatic rings. The number of aryl methyl sites for hydroxylation is 3. The summed E-state index contributed by atoms with van der Waals surface area (Å²) >= 11 is 0. The number of rotatable bonds is 6. The summed E-state index contributed by atoms with van der Waals surface area (Å²) in [5, 5.41) is 4.63. The van der Waals surface area contributed by atoms with Gasteiger partial charge < -0.3 is 0 Å². The first-order chi connectivity index (χ1) is 14.5. The van der Waals surface area contributed by atoms with E-state index >= 15 is 0 Å². The van der Waals surface area contributed by atoms with Crippen molar-refractivity contribution in [1.82, 2.24) is 14.8 Å². The third-order valence-corrected chi connectivity index (χ3v) is 5.28. The second-order valence-corrected chi connectivity index (χ2v) is 7.29. The zero-order chi connectivity index (χ0) is 21.1. The maximum absolute atomic E-state index is 13.4. The summed E-state index contributed by atoms with van der Waals surface area (Å²) in [7, 11) is 1.78. The molecular weight excluding hydrogens is 377 g/mol. The van der Waals surface area contributed by atoms with Gasteiger partial charge in [-0.15, -0.1) is 0 Å². The van der Waals surface area contributed by atoms with Crippen molar-refractivity contribution in [3.8, 4) is 22.4 Å². The van der Waals surface area contributed by atoms with E-state index in [1.807, 2.05) is 24.3 Å². The first kappa shape index (κ1) is 19.7. The van der Waals surface area contributed by atoms with Crippen LogP contribution in [0.15, 0.2) is 73.1 Å². The molecule has 0 bridgehead atoms. The molecule has 2 aromatic carbocycles. The number of hydrogen-bond acceptors (Lipinski definition) is 3. The van der Waals surface area contributed by atoms with Crippen LogP contribution in [0.2, 0.25) is 0 Å². The van der Waals surface area contributed by atoms with E-state index in [4.69, 9.17) is 0 Å². The highest BCUT2D eigenvalue weighted by Gasteiger charge is 2.24. The Morgan fingerprint density at radius 2 is 1.67 bits per heavy atom. The number of Topliss-reactive ketones (excluding diaryl/α,β-unsaturated/α-hetero) is 1. The number of carbonyl (C=O) groups excluding carboxylic acids is 1. The van der Waals surface area contributed by atoms with Crippen LogP contribution in [0.5, 0.6) is 0 Å². The van der Waals surface area contributed by atoms with Gasteiger partial charge in [0.2, 0.25) is 0 Å². The van der Waals surface area contributed by atoms with E-state index in [1.54, 1.807) is 36.3 Å². The number of halogens is 1. The monoisotopic (exact) mass is 399 g/mol. The third-order valence-electron chi connectivity index (χ3n) is 5.28. The normalized spacial score (nSPS) is 10.9. The summed E-state index contributed by atoms with van der Waals surface area (Å²) in [6.45, 7) is 2.05. The van der Waals surface area contributed by atoms with Gasteiger partial charge >= 0.3 is 0 Å². The van der Waals surface area contributed by atoms with Crippen molar-refractivity contribution >= 4 is 5.78 Å². The summed E-state index contributed by atoms with van der Waals surface area (Å²) in [6.07, 6.45) is 4.43. The molecule has 4 rings (SSSR count). The Kier molecular flexibility index (Phi) is 5.53. The fourth-order valence-corrected chi connectivity index (χ4v) is 3.70. The molecule has 150 valence electrons. The van der Waals surface area contributed by atoms with Crippen LogP contribution in [-0.4, -0.2) is 20.5 Å². The van der Waals surface area contributed by atoms with Gasteiger partial charge in [-0.2, -0.15) is 5.10 Å². The van der Waals surface area contributed by atoms with Gasteiger partial charge in [0, 0.05) is 37.0 Å². The Labute approximate surface area is 175 Å². The summed E-state index contributed by atoms with van der Waals surface area (Å²) in [6, 6.07) is 18.0. The Morgan fingerprint density at radius 1 is 0.967 bits per heavy atom. The van der Waals surface area contributed by atoms with E-state index in [1.165, 1.54) is 17.7 Å². The number of benzene rings is 2. The molecule has 4 nitrogen and oxygen atoms in total. The zero-order valence-corrected chi connectivity index (χ0v) is 17.0. The van der Waals surface area contributed by atoms with E-state index < -0.39 is 0 Å². The molecule has 0 N–H and O–H groups in total. The van der Waals surface area contributed by atoms with E-state index in [0.29, 0.717) is 24.2 Å². The highest BCUT2D eigenvalue weighted by atomic mass is 19.1.